The normalized spacial score (nSPS) is 33.5. The van der Waals surface area contributed by atoms with Gasteiger partial charge in [0.1, 0.15) is 0 Å². The molecule has 6 nitrogen and oxygen atoms in total. The Bertz CT molecular complexity index is 1070. The summed E-state index contributed by atoms with van der Waals surface area (Å²) in [5.41, 5.74) is 7.49. The maximum Gasteiger partial charge on any atom is 0.166 e. The summed E-state index contributed by atoms with van der Waals surface area (Å²) in [5, 5.41) is 4.91. The maximum absolute atomic E-state index is 6.81. The minimum Gasteiger partial charge on any atom is -0.493 e. The smallest absolute Gasteiger partial charge is 0.166 e. The van der Waals surface area contributed by atoms with Crippen molar-refractivity contribution >= 4 is 11.4 Å². The van der Waals surface area contributed by atoms with Crippen molar-refractivity contribution in [3.63, 3.8) is 0 Å². The van der Waals surface area contributed by atoms with Gasteiger partial charge in [0, 0.05) is 18.2 Å². The average Bonchev–Trinajstić information content (AvgIpc) is 3.17. The van der Waals surface area contributed by atoms with E-state index in [2.05, 4.69) is 36.4 Å². The second kappa shape index (κ2) is 7.22. The number of hydrogen-bond donors (Lipinski definition) is 1. The molecule has 4 aliphatic rings. The summed E-state index contributed by atoms with van der Waals surface area (Å²) in [4.78, 5) is 2.51. The quantitative estimate of drug-likeness (QED) is 0.723. The summed E-state index contributed by atoms with van der Waals surface area (Å²) < 4.78 is 19.4. The summed E-state index contributed by atoms with van der Waals surface area (Å²) in [5.74, 6) is 1.71. The molecule has 2 bridgehead atoms. The van der Waals surface area contributed by atoms with Crippen LogP contribution < -0.4 is 14.9 Å². The van der Waals surface area contributed by atoms with Gasteiger partial charge in [0.15, 0.2) is 17.6 Å². The molecular weight excluding hydrogens is 402 g/mol. The lowest BCUT2D eigenvalue weighted by Crippen LogP contribution is -2.77. The molecule has 6 heteroatoms. The van der Waals surface area contributed by atoms with E-state index in [1.165, 1.54) is 11.1 Å². The lowest BCUT2D eigenvalue weighted by atomic mass is 9.48. The van der Waals surface area contributed by atoms with Gasteiger partial charge < -0.3 is 19.1 Å². The van der Waals surface area contributed by atoms with Crippen LogP contribution in [0.5, 0.6) is 11.5 Å². The first-order valence-corrected chi connectivity index (χ1v) is 11.7. The Labute approximate surface area is 189 Å². The van der Waals surface area contributed by atoms with Crippen LogP contribution in [0.1, 0.15) is 37.3 Å². The third kappa shape index (κ3) is 2.45. The van der Waals surface area contributed by atoms with Crippen LogP contribution in [-0.2, 0) is 16.6 Å². The molecule has 1 saturated heterocycles. The monoisotopic (exact) mass is 433 g/mol. The minimum atomic E-state index is -0.282. The van der Waals surface area contributed by atoms with Crippen LogP contribution >= 0.6 is 0 Å². The van der Waals surface area contributed by atoms with E-state index in [0.29, 0.717) is 12.6 Å². The number of benzene rings is 2. The Morgan fingerprint density at radius 1 is 1.19 bits per heavy atom. The van der Waals surface area contributed by atoms with Crippen LogP contribution in [0.3, 0.4) is 0 Å². The van der Waals surface area contributed by atoms with Crippen LogP contribution in [0.2, 0.25) is 0 Å². The number of ether oxygens (including phenoxy) is 3. The molecule has 0 unspecified atom stereocenters. The van der Waals surface area contributed by atoms with Crippen molar-refractivity contribution in [1.29, 1.82) is 0 Å². The number of rotatable bonds is 5. The molecule has 2 aliphatic carbocycles. The van der Waals surface area contributed by atoms with Gasteiger partial charge >= 0.3 is 0 Å². The predicted octanol–water partition coefficient (Wildman–Crippen LogP) is 3.99. The maximum atomic E-state index is 6.81. The number of para-hydroxylation sites is 1. The predicted molar refractivity (Wildman–Crippen MR) is 125 cm³/mol. The van der Waals surface area contributed by atoms with E-state index in [9.17, 15) is 0 Å². The van der Waals surface area contributed by atoms with E-state index in [4.69, 9.17) is 19.3 Å². The van der Waals surface area contributed by atoms with Crippen molar-refractivity contribution in [3.8, 4) is 11.5 Å². The second-order valence-electron chi connectivity index (χ2n) is 9.45. The highest BCUT2D eigenvalue weighted by molar-refractivity contribution is 5.95. The molecule has 2 fully saturated rings. The number of nitrogens with zero attached hydrogens (tertiary/aromatic N) is 2. The molecule has 0 radical (unpaired) electrons. The highest BCUT2D eigenvalue weighted by Crippen LogP contribution is 2.66. The summed E-state index contributed by atoms with van der Waals surface area (Å²) in [6, 6.07) is 14.7. The molecule has 2 heterocycles. The number of piperidine rings is 1. The van der Waals surface area contributed by atoms with Crippen LogP contribution in [0.25, 0.3) is 0 Å². The summed E-state index contributed by atoms with van der Waals surface area (Å²) in [6.45, 7) is 3.84. The molecule has 1 N–H and O–H groups in total. The fraction of sp³-hybridized carbons (Fsp3) is 0.500. The molecule has 1 saturated carbocycles. The highest BCUT2D eigenvalue weighted by atomic mass is 16.5. The van der Waals surface area contributed by atoms with E-state index in [1.807, 2.05) is 30.3 Å². The van der Waals surface area contributed by atoms with Crippen molar-refractivity contribution < 1.29 is 14.2 Å². The van der Waals surface area contributed by atoms with Crippen LogP contribution in [0.15, 0.2) is 47.6 Å². The molecule has 1 spiro atoms. The van der Waals surface area contributed by atoms with Gasteiger partial charge in [0.2, 0.25) is 0 Å². The van der Waals surface area contributed by atoms with E-state index in [-0.39, 0.29) is 17.1 Å². The Hall–Kier alpha value is -2.57. The molecule has 6 rings (SSSR count). The molecule has 168 valence electrons. The summed E-state index contributed by atoms with van der Waals surface area (Å²) >= 11 is 0. The van der Waals surface area contributed by atoms with Gasteiger partial charge in [-0.05, 0) is 70.0 Å². The Balaban J connectivity index is 1.53. The fourth-order valence-electron chi connectivity index (χ4n) is 6.99. The van der Waals surface area contributed by atoms with Crippen LogP contribution in [0.4, 0.5) is 5.69 Å². The van der Waals surface area contributed by atoms with Crippen molar-refractivity contribution in [2.24, 2.45) is 5.10 Å². The van der Waals surface area contributed by atoms with E-state index < -0.39 is 0 Å². The van der Waals surface area contributed by atoms with Gasteiger partial charge in [-0.15, -0.1) is 0 Å². The standard InChI is InChI=1S/C26H31N3O3/c1-4-31-26-13-12-19(28-27-18-8-6-5-7-9-18)24-25(26)14-15-29(2)21(26)16-17-10-11-20(30-3)23(32-24)22(17)25/h5-11,21,24,27H,4,12-16H2,1-3H3/b28-19+/t21-,24+,25+,26-/m1/s1. The summed E-state index contributed by atoms with van der Waals surface area (Å²) in [6.07, 6.45) is 3.61. The van der Waals surface area contributed by atoms with Gasteiger partial charge in [-0.2, -0.15) is 5.10 Å². The zero-order valence-corrected chi connectivity index (χ0v) is 19.1. The number of anilines is 1. The second-order valence-corrected chi connectivity index (χ2v) is 9.45. The number of methoxy groups -OCH3 is 1. The lowest BCUT2D eigenvalue weighted by molar-refractivity contribution is -0.193. The van der Waals surface area contributed by atoms with Crippen LogP contribution in [-0.4, -0.2) is 55.7 Å². The molecule has 0 amide bonds. The van der Waals surface area contributed by atoms with Gasteiger partial charge in [0.25, 0.3) is 0 Å². The third-order valence-electron chi connectivity index (χ3n) is 8.21. The van der Waals surface area contributed by atoms with E-state index in [1.54, 1.807) is 7.11 Å². The van der Waals surface area contributed by atoms with E-state index >= 15 is 0 Å². The molecule has 4 atom stereocenters. The van der Waals surface area contributed by atoms with Gasteiger partial charge in [-0.1, -0.05) is 24.3 Å². The van der Waals surface area contributed by atoms with Crippen LogP contribution in [0, 0.1) is 0 Å². The zero-order chi connectivity index (χ0) is 21.9. The van der Waals surface area contributed by atoms with Gasteiger partial charge in [-0.3, -0.25) is 5.43 Å². The largest absolute Gasteiger partial charge is 0.493 e. The molecular formula is C26H31N3O3. The van der Waals surface area contributed by atoms with Gasteiger partial charge in [0.05, 0.1) is 29.5 Å². The third-order valence-corrected chi connectivity index (χ3v) is 8.21. The number of hydrogen-bond acceptors (Lipinski definition) is 6. The first-order chi connectivity index (χ1) is 15.6. The number of likely N-dealkylation sites (N-methyl/N-ethyl adjacent to an activating group) is 1. The SMILES string of the molecule is CCO[C@@]12CC/C(=N\Nc3ccccc3)[C@@H]3Oc4c(OC)ccc5c4[C@@]31CCN(C)[C@@H]2C5. The molecule has 2 aliphatic heterocycles. The fourth-order valence-corrected chi connectivity index (χ4v) is 6.99. The Morgan fingerprint density at radius 2 is 2.03 bits per heavy atom. The average molecular weight is 434 g/mol. The van der Waals surface area contributed by atoms with Crippen molar-refractivity contribution in [1.82, 2.24) is 4.90 Å². The first-order valence-electron chi connectivity index (χ1n) is 11.7. The molecule has 2 aromatic rings. The van der Waals surface area contributed by atoms with Crippen molar-refractivity contribution in [2.75, 3.05) is 32.7 Å². The van der Waals surface area contributed by atoms with Crippen molar-refractivity contribution in [3.05, 3.63) is 53.6 Å². The number of nitrogens with one attached hydrogen (secondary N) is 1. The zero-order valence-electron chi connectivity index (χ0n) is 19.1. The number of hydrazone groups is 1. The van der Waals surface area contributed by atoms with Crippen molar-refractivity contribution in [2.45, 2.75) is 55.8 Å². The molecule has 32 heavy (non-hydrogen) atoms. The minimum absolute atomic E-state index is 0.152. The highest BCUT2D eigenvalue weighted by Gasteiger charge is 2.73. The van der Waals surface area contributed by atoms with Gasteiger partial charge in [-0.25, -0.2) is 0 Å². The molecule has 2 aromatic carbocycles. The summed E-state index contributed by atoms with van der Waals surface area (Å²) in [7, 11) is 3.97. The Morgan fingerprint density at radius 3 is 2.81 bits per heavy atom. The van der Waals surface area contributed by atoms with E-state index in [0.717, 1.165) is 55.1 Å². The Kier molecular flexibility index (Phi) is 4.53. The first kappa shape index (κ1) is 20.1. The molecule has 0 aromatic heterocycles. The number of likely N-dealkylation sites (tertiary alicyclic amines) is 1. The topological polar surface area (TPSA) is 55.3 Å². The lowest BCUT2D eigenvalue weighted by Gasteiger charge is -2.64.